The summed E-state index contributed by atoms with van der Waals surface area (Å²) in [5.74, 6) is 1.70. The summed E-state index contributed by atoms with van der Waals surface area (Å²) in [4.78, 5) is 7.45. The molecule has 1 saturated heterocycles. The molecule has 0 spiro atoms. The van der Waals surface area contributed by atoms with E-state index in [0.717, 1.165) is 28.4 Å². The van der Waals surface area contributed by atoms with Crippen LogP contribution in [0.3, 0.4) is 0 Å². The number of sulfonamides is 1. The Bertz CT molecular complexity index is 1150. The van der Waals surface area contributed by atoms with Crippen LogP contribution in [-0.2, 0) is 16.7 Å². The monoisotopic (exact) mass is 492 g/mol. The fourth-order valence-electron chi connectivity index (χ4n) is 3.75. The van der Waals surface area contributed by atoms with Gasteiger partial charge in [-0.05, 0) is 48.7 Å². The van der Waals surface area contributed by atoms with Crippen molar-refractivity contribution in [2.75, 3.05) is 31.9 Å². The van der Waals surface area contributed by atoms with Crippen LogP contribution in [0.2, 0.25) is 5.02 Å². The molecule has 6 nitrogen and oxygen atoms in total. The first kappa shape index (κ1) is 23.6. The van der Waals surface area contributed by atoms with Crippen molar-refractivity contribution >= 4 is 44.4 Å². The van der Waals surface area contributed by atoms with E-state index in [2.05, 4.69) is 35.4 Å². The van der Waals surface area contributed by atoms with Gasteiger partial charge in [0.25, 0.3) is 0 Å². The molecule has 0 atom stereocenters. The summed E-state index contributed by atoms with van der Waals surface area (Å²) in [6.45, 7) is 7.47. The van der Waals surface area contributed by atoms with E-state index in [1.165, 1.54) is 0 Å². The number of hydrogen-bond donors (Lipinski definition) is 0. The van der Waals surface area contributed by atoms with Gasteiger partial charge in [0.1, 0.15) is 0 Å². The number of rotatable bonds is 8. The van der Waals surface area contributed by atoms with Gasteiger partial charge in [-0.15, -0.1) is 0 Å². The van der Waals surface area contributed by atoms with Crippen molar-refractivity contribution in [3.05, 3.63) is 53.6 Å². The molecule has 0 amide bonds. The Balaban J connectivity index is 1.45. The van der Waals surface area contributed by atoms with Gasteiger partial charge >= 0.3 is 0 Å². The lowest BCUT2D eigenvalue weighted by Gasteiger charge is -2.34. The number of benzene rings is 2. The molecule has 1 aliphatic heterocycles. The van der Waals surface area contributed by atoms with E-state index in [1.807, 2.05) is 12.1 Å². The van der Waals surface area contributed by atoms with Gasteiger partial charge in [0.2, 0.25) is 10.0 Å². The van der Waals surface area contributed by atoms with Gasteiger partial charge in [-0.1, -0.05) is 49.3 Å². The number of nitrogens with zero attached hydrogens (tertiary/aromatic N) is 4. The highest BCUT2D eigenvalue weighted by molar-refractivity contribution is 7.99. The Labute approximate surface area is 199 Å². The molecule has 0 N–H and O–H groups in total. The molecule has 0 unspecified atom stereocenters. The van der Waals surface area contributed by atoms with Crippen molar-refractivity contribution in [3.8, 4) is 0 Å². The standard InChI is InChI=1S/C23H29ClN4O2S2/c1-18(2)11-16-31-23-25-21-5-3-4-6-22(21)28(23)17-26-12-14-27(15-13-26)32(29,30)20-9-7-19(24)8-10-20/h3-10,18H,11-17H2,1-2H3. The van der Waals surface area contributed by atoms with E-state index in [0.29, 0.717) is 48.7 Å². The Morgan fingerprint density at radius 3 is 2.41 bits per heavy atom. The molecule has 2 aromatic carbocycles. The maximum Gasteiger partial charge on any atom is 0.243 e. The number of hydrogen-bond acceptors (Lipinski definition) is 5. The summed E-state index contributed by atoms with van der Waals surface area (Å²) in [6.07, 6.45) is 1.15. The normalized spacial score (nSPS) is 16.2. The van der Waals surface area contributed by atoms with Gasteiger partial charge in [0.05, 0.1) is 22.6 Å². The maximum atomic E-state index is 13.0. The molecule has 0 saturated carbocycles. The number of para-hydroxylation sites is 2. The van der Waals surface area contributed by atoms with Gasteiger partial charge < -0.3 is 4.57 Å². The van der Waals surface area contributed by atoms with Crippen LogP contribution in [0, 0.1) is 5.92 Å². The Morgan fingerprint density at radius 1 is 1.03 bits per heavy atom. The van der Waals surface area contributed by atoms with E-state index in [9.17, 15) is 8.42 Å². The fourth-order valence-corrected chi connectivity index (χ4v) is 6.55. The average Bonchev–Trinajstić information content (AvgIpc) is 3.11. The molecule has 172 valence electrons. The molecule has 1 aromatic heterocycles. The van der Waals surface area contributed by atoms with Crippen LogP contribution in [0.1, 0.15) is 20.3 Å². The third-order valence-electron chi connectivity index (χ3n) is 5.67. The molecule has 32 heavy (non-hydrogen) atoms. The third-order valence-corrected chi connectivity index (χ3v) is 8.84. The minimum Gasteiger partial charge on any atom is -0.305 e. The summed E-state index contributed by atoms with van der Waals surface area (Å²) in [5, 5.41) is 1.56. The smallest absolute Gasteiger partial charge is 0.243 e. The van der Waals surface area contributed by atoms with Crippen LogP contribution < -0.4 is 0 Å². The van der Waals surface area contributed by atoms with Crippen LogP contribution >= 0.6 is 23.4 Å². The van der Waals surface area contributed by atoms with Crippen LogP contribution in [0.15, 0.2) is 58.6 Å². The maximum absolute atomic E-state index is 13.0. The zero-order chi connectivity index (χ0) is 22.7. The Hall–Kier alpha value is -1.58. The highest BCUT2D eigenvalue weighted by Crippen LogP contribution is 2.27. The molecule has 2 heterocycles. The van der Waals surface area contributed by atoms with E-state index >= 15 is 0 Å². The van der Waals surface area contributed by atoms with Crippen LogP contribution in [-0.4, -0.2) is 59.1 Å². The van der Waals surface area contributed by atoms with Crippen molar-refractivity contribution in [1.82, 2.24) is 18.8 Å². The van der Waals surface area contributed by atoms with Crippen molar-refractivity contribution in [2.45, 2.75) is 37.0 Å². The zero-order valence-corrected chi connectivity index (χ0v) is 20.8. The van der Waals surface area contributed by atoms with Crippen LogP contribution in [0.25, 0.3) is 11.0 Å². The van der Waals surface area contributed by atoms with Crippen molar-refractivity contribution in [1.29, 1.82) is 0 Å². The molecule has 0 radical (unpaired) electrons. The predicted molar refractivity (Wildman–Crippen MR) is 132 cm³/mol. The number of halogens is 1. The number of thioether (sulfide) groups is 1. The van der Waals surface area contributed by atoms with Crippen LogP contribution in [0.5, 0.6) is 0 Å². The number of aromatic nitrogens is 2. The molecule has 1 aliphatic rings. The van der Waals surface area contributed by atoms with E-state index < -0.39 is 10.0 Å². The fraction of sp³-hybridized carbons (Fsp3) is 0.435. The second-order valence-electron chi connectivity index (χ2n) is 8.46. The molecule has 3 aromatic rings. The van der Waals surface area contributed by atoms with E-state index in [4.69, 9.17) is 16.6 Å². The molecular formula is C23H29ClN4O2S2. The lowest BCUT2D eigenvalue weighted by molar-refractivity contribution is 0.150. The van der Waals surface area contributed by atoms with E-state index in [-0.39, 0.29) is 0 Å². The lowest BCUT2D eigenvalue weighted by Crippen LogP contribution is -2.48. The Morgan fingerprint density at radius 2 is 1.72 bits per heavy atom. The first-order valence-corrected chi connectivity index (χ1v) is 13.7. The first-order valence-electron chi connectivity index (χ1n) is 10.9. The van der Waals surface area contributed by atoms with Crippen LogP contribution in [0.4, 0.5) is 0 Å². The van der Waals surface area contributed by atoms with Gasteiger partial charge in [0.15, 0.2) is 5.16 Å². The van der Waals surface area contributed by atoms with Gasteiger partial charge in [-0.25, -0.2) is 13.4 Å². The summed E-state index contributed by atoms with van der Waals surface area (Å²) in [7, 11) is -3.50. The minimum absolute atomic E-state index is 0.291. The van der Waals surface area contributed by atoms with Gasteiger partial charge in [0, 0.05) is 37.0 Å². The molecule has 4 rings (SSSR count). The van der Waals surface area contributed by atoms with Crippen molar-refractivity contribution in [2.24, 2.45) is 5.92 Å². The predicted octanol–water partition coefficient (Wildman–Crippen LogP) is 4.79. The second kappa shape index (κ2) is 10.1. The average molecular weight is 493 g/mol. The quantitative estimate of drug-likeness (QED) is 0.423. The van der Waals surface area contributed by atoms with Crippen molar-refractivity contribution < 1.29 is 8.42 Å². The molecule has 0 bridgehead atoms. The zero-order valence-electron chi connectivity index (χ0n) is 18.4. The molecule has 9 heteroatoms. The molecule has 0 aliphatic carbocycles. The second-order valence-corrected chi connectivity index (χ2v) is 11.9. The summed E-state index contributed by atoms with van der Waals surface area (Å²) >= 11 is 7.71. The largest absolute Gasteiger partial charge is 0.305 e. The summed E-state index contributed by atoms with van der Waals surface area (Å²) in [6, 6.07) is 14.6. The van der Waals surface area contributed by atoms with Gasteiger partial charge in [-0.3, -0.25) is 4.90 Å². The molecule has 1 fully saturated rings. The third kappa shape index (κ3) is 5.31. The Kier molecular flexibility index (Phi) is 7.47. The highest BCUT2D eigenvalue weighted by atomic mass is 35.5. The lowest BCUT2D eigenvalue weighted by atomic mass is 10.2. The van der Waals surface area contributed by atoms with Crippen molar-refractivity contribution in [3.63, 3.8) is 0 Å². The first-order chi connectivity index (χ1) is 15.3. The molecular weight excluding hydrogens is 464 g/mol. The number of piperazine rings is 1. The minimum atomic E-state index is -3.50. The topological polar surface area (TPSA) is 58.4 Å². The number of imidazole rings is 1. The van der Waals surface area contributed by atoms with Gasteiger partial charge in [-0.2, -0.15) is 4.31 Å². The summed E-state index contributed by atoms with van der Waals surface area (Å²) < 4.78 is 29.8. The van der Waals surface area contributed by atoms with E-state index in [1.54, 1.807) is 40.3 Å². The highest BCUT2D eigenvalue weighted by Gasteiger charge is 2.29. The SMILES string of the molecule is CC(C)CCSc1nc2ccccc2n1CN1CCN(S(=O)(=O)c2ccc(Cl)cc2)CC1. The summed E-state index contributed by atoms with van der Waals surface area (Å²) in [5.41, 5.74) is 2.12. The number of fused-ring (bicyclic) bond motifs is 1.